The Balaban J connectivity index is 1.89. The molecule has 4 rings (SSSR count). The lowest BCUT2D eigenvalue weighted by molar-refractivity contribution is -0.0423. The van der Waals surface area contributed by atoms with E-state index in [2.05, 4.69) is 0 Å². The predicted octanol–water partition coefficient (Wildman–Crippen LogP) is 3.84. The van der Waals surface area contributed by atoms with Crippen molar-refractivity contribution >= 4 is 11.6 Å². The van der Waals surface area contributed by atoms with Crippen LogP contribution in [0.3, 0.4) is 0 Å². The van der Waals surface area contributed by atoms with Gasteiger partial charge in [0.1, 0.15) is 5.82 Å². The van der Waals surface area contributed by atoms with Crippen LogP contribution in [0.1, 0.15) is 24.0 Å². The molecule has 6 heteroatoms. The summed E-state index contributed by atoms with van der Waals surface area (Å²) in [5.74, 6) is -1.48. The molecule has 2 aromatic rings. The van der Waals surface area contributed by atoms with Crippen molar-refractivity contribution in [3.8, 4) is 5.75 Å². The summed E-state index contributed by atoms with van der Waals surface area (Å²) in [6.45, 7) is 0.476. The molecular weight excluding hydrogens is 372 g/mol. The van der Waals surface area contributed by atoms with E-state index in [1.54, 1.807) is 12.1 Å². The van der Waals surface area contributed by atoms with E-state index in [4.69, 9.17) is 22.1 Å². The Bertz CT molecular complexity index is 845. The molecule has 0 saturated heterocycles. The van der Waals surface area contributed by atoms with Crippen molar-refractivity contribution in [2.75, 3.05) is 13.2 Å². The Morgan fingerprint density at radius 2 is 1.85 bits per heavy atom. The van der Waals surface area contributed by atoms with Gasteiger partial charge in [-0.3, -0.25) is 0 Å². The first-order chi connectivity index (χ1) is 13.0. The molecule has 0 aromatic heterocycles. The van der Waals surface area contributed by atoms with E-state index in [1.165, 1.54) is 0 Å². The van der Waals surface area contributed by atoms with Crippen LogP contribution in [0, 0.1) is 23.5 Å². The van der Waals surface area contributed by atoms with Crippen LogP contribution in [-0.2, 0) is 11.8 Å². The highest BCUT2D eigenvalue weighted by Gasteiger charge is 2.54. The fraction of sp³-hybridized carbons (Fsp3) is 0.429. The highest BCUT2D eigenvalue weighted by atomic mass is 35.5. The second-order valence-electron chi connectivity index (χ2n) is 7.62. The summed E-state index contributed by atoms with van der Waals surface area (Å²) in [6.07, 6.45) is 0.963. The van der Waals surface area contributed by atoms with E-state index in [-0.39, 0.29) is 36.3 Å². The van der Waals surface area contributed by atoms with Crippen LogP contribution in [0.4, 0.5) is 8.78 Å². The summed E-state index contributed by atoms with van der Waals surface area (Å²) < 4.78 is 35.1. The zero-order valence-corrected chi connectivity index (χ0v) is 15.6. The number of hydrogen-bond acceptors (Lipinski definition) is 3. The van der Waals surface area contributed by atoms with E-state index in [0.29, 0.717) is 24.3 Å². The van der Waals surface area contributed by atoms with Crippen molar-refractivity contribution in [3.63, 3.8) is 0 Å². The van der Waals surface area contributed by atoms with Crippen LogP contribution in [0.5, 0.6) is 5.75 Å². The van der Waals surface area contributed by atoms with Gasteiger partial charge in [0.2, 0.25) is 0 Å². The first kappa shape index (κ1) is 18.7. The van der Waals surface area contributed by atoms with Crippen molar-refractivity contribution in [3.05, 3.63) is 64.2 Å². The molecule has 1 aliphatic carbocycles. The SMILES string of the molecule is NC[C@@H]1[C@H](O)CC[C@@]2(Cc3ccc(Cl)cc3)c3c(F)ccc(F)c3OC[C@@H]12. The number of aliphatic hydroxyl groups excluding tert-OH is 1. The summed E-state index contributed by atoms with van der Waals surface area (Å²) >= 11 is 6.00. The average molecular weight is 394 g/mol. The fourth-order valence-corrected chi connectivity index (χ4v) is 5.11. The van der Waals surface area contributed by atoms with Gasteiger partial charge in [0, 0.05) is 27.8 Å². The average Bonchev–Trinajstić information content (AvgIpc) is 2.66. The molecule has 0 amide bonds. The van der Waals surface area contributed by atoms with Gasteiger partial charge < -0.3 is 15.6 Å². The first-order valence-corrected chi connectivity index (χ1v) is 9.58. The van der Waals surface area contributed by atoms with Gasteiger partial charge in [-0.25, -0.2) is 8.78 Å². The van der Waals surface area contributed by atoms with Gasteiger partial charge in [-0.15, -0.1) is 0 Å². The summed E-state index contributed by atoms with van der Waals surface area (Å²) in [7, 11) is 0. The predicted molar refractivity (Wildman–Crippen MR) is 100.0 cm³/mol. The molecule has 1 saturated carbocycles. The normalized spacial score (nSPS) is 29.6. The number of benzene rings is 2. The molecule has 0 radical (unpaired) electrons. The third-order valence-corrected chi connectivity index (χ3v) is 6.53. The molecule has 0 bridgehead atoms. The van der Waals surface area contributed by atoms with E-state index in [9.17, 15) is 9.50 Å². The maximum absolute atomic E-state index is 15.0. The molecule has 1 heterocycles. The minimum Gasteiger partial charge on any atom is -0.490 e. The van der Waals surface area contributed by atoms with E-state index in [0.717, 1.165) is 17.7 Å². The summed E-state index contributed by atoms with van der Waals surface area (Å²) in [6, 6.07) is 9.66. The molecule has 1 aliphatic heterocycles. The van der Waals surface area contributed by atoms with Crippen LogP contribution in [0.25, 0.3) is 0 Å². The van der Waals surface area contributed by atoms with Crippen LogP contribution in [0.15, 0.2) is 36.4 Å². The summed E-state index contributed by atoms with van der Waals surface area (Å²) in [5.41, 5.74) is 6.53. The number of halogens is 3. The van der Waals surface area contributed by atoms with Crippen molar-refractivity contribution < 1.29 is 18.6 Å². The van der Waals surface area contributed by atoms with Crippen LogP contribution >= 0.6 is 11.6 Å². The van der Waals surface area contributed by atoms with Crippen molar-refractivity contribution in [2.24, 2.45) is 17.6 Å². The van der Waals surface area contributed by atoms with Crippen LogP contribution < -0.4 is 10.5 Å². The Morgan fingerprint density at radius 3 is 2.56 bits per heavy atom. The molecular formula is C21H22ClF2NO2. The summed E-state index contributed by atoms with van der Waals surface area (Å²) in [4.78, 5) is 0. The third kappa shape index (κ3) is 3.02. The summed E-state index contributed by atoms with van der Waals surface area (Å²) in [5, 5.41) is 11.1. The fourth-order valence-electron chi connectivity index (χ4n) is 4.98. The topological polar surface area (TPSA) is 55.5 Å². The highest BCUT2D eigenvalue weighted by molar-refractivity contribution is 6.30. The van der Waals surface area contributed by atoms with Gasteiger partial charge in [0.05, 0.1) is 12.7 Å². The highest BCUT2D eigenvalue weighted by Crippen LogP contribution is 2.55. The maximum Gasteiger partial charge on any atom is 0.165 e. The smallest absolute Gasteiger partial charge is 0.165 e. The largest absolute Gasteiger partial charge is 0.490 e. The quantitative estimate of drug-likeness (QED) is 0.833. The lowest BCUT2D eigenvalue weighted by atomic mass is 9.55. The van der Waals surface area contributed by atoms with Gasteiger partial charge in [0.15, 0.2) is 11.6 Å². The van der Waals surface area contributed by atoms with Gasteiger partial charge >= 0.3 is 0 Å². The lowest BCUT2D eigenvalue weighted by Crippen LogP contribution is -2.56. The zero-order chi connectivity index (χ0) is 19.2. The maximum atomic E-state index is 15.0. The Morgan fingerprint density at radius 1 is 1.15 bits per heavy atom. The van der Waals surface area contributed by atoms with Crippen LogP contribution in [0.2, 0.25) is 5.02 Å². The molecule has 3 nitrogen and oxygen atoms in total. The van der Waals surface area contributed by atoms with Gasteiger partial charge in [0.25, 0.3) is 0 Å². The van der Waals surface area contributed by atoms with Gasteiger partial charge in [-0.05, 0) is 55.6 Å². The standard InChI is InChI=1S/C21H22ClF2NO2/c22-13-3-1-12(2-4-13)9-21-8-7-18(26)14(10-25)15(21)11-27-20-17(24)6-5-16(23)19(20)21/h1-6,14-15,18,26H,7-11,25H2/t14-,15-,18+,21-/m0/s1. The Labute approximate surface area is 162 Å². The molecule has 3 N–H and O–H groups in total. The van der Waals surface area contributed by atoms with E-state index in [1.807, 2.05) is 12.1 Å². The van der Waals surface area contributed by atoms with Crippen LogP contribution in [-0.4, -0.2) is 24.4 Å². The number of fused-ring (bicyclic) bond motifs is 3. The lowest BCUT2D eigenvalue weighted by Gasteiger charge is -2.53. The molecule has 27 heavy (non-hydrogen) atoms. The minimum absolute atomic E-state index is 0.00706. The molecule has 2 aliphatic rings. The van der Waals surface area contributed by atoms with Crippen molar-refractivity contribution in [2.45, 2.75) is 30.8 Å². The van der Waals surface area contributed by atoms with E-state index < -0.39 is 23.2 Å². The second-order valence-corrected chi connectivity index (χ2v) is 8.05. The first-order valence-electron chi connectivity index (χ1n) is 9.20. The Hall–Kier alpha value is -1.69. The van der Waals surface area contributed by atoms with Crippen molar-refractivity contribution in [1.82, 2.24) is 0 Å². The monoisotopic (exact) mass is 393 g/mol. The molecule has 144 valence electrons. The molecule has 2 aromatic carbocycles. The Kier molecular flexibility index (Phi) is 4.87. The second kappa shape index (κ2) is 7.04. The minimum atomic E-state index is -0.684. The molecule has 0 unspecified atom stereocenters. The number of aliphatic hydroxyl groups is 1. The number of nitrogens with two attached hydrogens (primary N) is 1. The molecule has 0 spiro atoms. The molecule has 4 atom stereocenters. The van der Waals surface area contributed by atoms with Gasteiger partial charge in [-0.1, -0.05) is 23.7 Å². The number of rotatable bonds is 3. The molecule has 1 fully saturated rings. The number of hydrogen-bond donors (Lipinski definition) is 2. The van der Waals surface area contributed by atoms with Crippen molar-refractivity contribution in [1.29, 1.82) is 0 Å². The van der Waals surface area contributed by atoms with Gasteiger partial charge in [-0.2, -0.15) is 0 Å². The third-order valence-electron chi connectivity index (χ3n) is 6.28. The number of ether oxygens (including phenoxy) is 1. The van der Waals surface area contributed by atoms with E-state index >= 15 is 4.39 Å². The zero-order valence-electron chi connectivity index (χ0n) is 14.8.